The third kappa shape index (κ3) is 4.08. The van der Waals surface area contributed by atoms with Gasteiger partial charge in [-0.1, -0.05) is 0 Å². The van der Waals surface area contributed by atoms with Crippen LogP contribution in [-0.2, 0) is 4.79 Å². The molecule has 0 bridgehead atoms. The van der Waals surface area contributed by atoms with E-state index in [-0.39, 0.29) is 18.2 Å². The number of amides is 2. The number of nitrogens with one attached hydrogen (secondary N) is 2. The molecule has 5 nitrogen and oxygen atoms in total. The van der Waals surface area contributed by atoms with Crippen molar-refractivity contribution < 1.29 is 9.59 Å². The molecular weight excluding hydrogens is 230 g/mol. The van der Waals surface area contributed by atoms with Crippen molar-refractivity contribution in [2.45, 2.75) is 20.3 Å². The molecule has 0 radical (unpaired) electrons. The molecule has 0 atom stereocenters. The Bertz CT molecular complexity index is 444. The molecule has 0 aliphatic carbocycles. The Morgan fingerprint density at radius 3 is 2.61 bits per heavy atom. The maximum atomic E-state index is 11.8. The summed E-state index contributed by atoms with van der Waals surface area (Å²) in [6.45, 7) is 4.61. The van der Waals surface area contributed by atoms with Gasteiger partial charge in [0.05, 0.1) is 0 Å². The van der Waals surface area contributed by atoms with Gasteiger partial charge >= 0.3 is 0 Å². The highest BCUT2D eigenvalue weighted by molar-refractivity contribution is 5.96. The van der Waals surface area contributed by atoms with E-state index in [1.807, 2.05) is 13.8 Å². The second-order valence-corrected chi connectivity index (χ2v) is 4.03. The lowest BCUT2D eigenvalue weighted by molar-refractivity contribution is -0.120. The highest BCUT2D eigenvalue weighted by atomic mass is 16.2. The van der Waals surface area contributed by atoms with Crippen molar-refractivity contribution in [2.75, 3.05) is 18.8 Å². The monoisotopic (exact) mass is 249 g/mol. The Morgan fingerprint density at radius 1 is 1.28 bits per heavy atom. The molecule has 5 heteroatoms. The fourth-order valence-corrected chi connectivity index (χ4v) is 1.61. The molecule has 4 N–H and O–H groups in total. The van der Waals surface area contributed by atoms with Crippen LogP contribution < -0.4 is 16.4 Å². The molecule has 0 unspecified atom stereocenters. The van der Waals surface area contributed by atoms with Gasteiger partial charge in [-0.2, -0.15) is 0 Å². The summed E-state index contributed by atoms with van der Waals surface area (Å²) in [4.78, 5) is 23.0. The van der Waals surface area contributed by atoms with Gasteiger partial charge in [-0.25, -0.2) is 0 Å². The van der Waals surface area contributed by atoms with E-state index in [9.17, 15) is 9.59 Å². The minimum atomic E-state index is -0.184. The van der Waals surface area contributed by atoms with Gasteiger partial charge in [0.15, 0.2) is 0 Å². The molecule has 0 aliphatic rings. The first-order valence-corrected chi connectivity index (χ1v) is 5.95. The number of benzene rings is 1. The molecule has 0 spiro atoms. The van der Waals surface area contributed by atoms with E-state index in [1.165, 1.54) is 0 Å². The van der Waals surface area contributed by atoms with Crippen molar-refractivity contribution in [1.29, 1.82) is 0 Å². The van der Waals surface area contributed by atoms with Crippen molar-refractivity contribution in [3.63, 3.8) is 0 Å². The minimum absolute atomic E-state index is 0.0631. The van der Waals surface area contributed by atoms with Crippen LogP contribution in [0.3, 0.4) is 0 Å². The quantitative estimate of drug-likeness (QED) is 0.676. The van der Waals surface area contributed by atoms with E-state index >= 15 is 0 Å². The summed E-state index contributed by atoms with van der Waals surface area (Å²) in [5.41, 5.74) is 7.66. The number of hydrogen-bond donors (Lipinski definition) is 3. The van der Waals surface area contributed by atoms with Crippen LogP contribution in [0.4, 0.5) is 5.69 Å². The molecule has 98 valence electrons. The van der Waals surface area contributed by atoms with Gasteiger partial charge in [0.1, 0.15) is 0 Å². The Hall–Kier alpha value is -2.04. The van der Waals surface area contributed by atoms with Gasteiger partial charge in [0.2, 0.25) is 5.91 Å². The van der Waals surface area contributed by atoms with Crippen LogP contribution >= 0.6 is 0 Å². The fraction of sp³-hybridized carbons (Fsp3) is 0.385. The lowest BCUT2D eigenvalue weighted by Gasteiger charge is -2.08. The molecule has 0 aliphatic heterocycles. The van der Waals surface area contributed by atoms with E-state index in [0.717, 1.165) is 5.56 Å². The first-order valence-electron chi connectivity index (χ1n) is 5.95. The van der Waals surface area contributed by atoms with Crippen LogP contribution in [0.15, 0.2) is 18.2 Å². The molecular formula is C13H19N3O2. The SMILES string of the molecule is CCNC(=O)CCNC(=O)c1ccc(N)cc1C. The average Bonchev–Trinajstić information content (AvgIpc) is 2.29. The predicted octanol–water partition coefficient (Wildman–Crippen LogP) is 0.833. The van der Waals surface area contributed by atoms with E-state index in [4.69, 9.17) is 5.73 Å². The number of rotatable bonds is 5. The van der Waals surface area contributed by atoms with E-state index in [1.54, 1.807) is 18.2 Å². The second-order valence-electron chi connectivity index (χ2n) is 4.03. The normalized spacial score (nSPS) is 9.89. The van der Waals surface area contributed by atoms with Gasteiger partial charge in [0.25, 0.3) is 5.91 Å². The number of nitrogen functional groups attached to an aromatic ring is 1. The van der Waals surface area contributed by atoms with Gasteiger partial charge in [-0.15, -0.1) is 0 Å². The zero-order valence-corrected chi connectivity index (χ0v) is 10.7. The molecule has 0 saturated carbocycles. The molecule has 0 fully saturated rings. The predicted molar refractivity (Wildman–Crippen MR) is 71.2 cm³/mol. The van der Waals surface area contributed by atoms with Crippen LogP contribution in [-0.4, -0.2) is 24.9 Å². The smallest absolute Gasteiger partial charge is 0.251 e. The van der Waals surface area contributed by atoms with E-state index < -0.39 is 0 Å². The first kappa shape index (κ1) is 14.0. The summed E-state index contributed by atoms with van der Waals surface area (Å²) >= 11 is 0. The highest BCUT2D eigenvalue weighted by Gasteiger charge is 2.09. The Morgan fingerprint density at radius 2 is 2.00 bits per heavy atom. The second kappa shape index (κ2) is 6.64. The van der Waals surface area contributed by atoms with Crippen LogP contribution in [0, 0.1) is 6.92 Å². The maximum Gasteiger partial charge on any atom is 0.251 e. The third-order valence-electron chi connectivity index (χ3n) is 2.51. The van der Waals surface area contributed by atoms with Crippen LogP contribution in [0.1, 0.15) is 29.3 Å². The van der Waals surface area contributed by atoms with Crippen molar-refractivity contribution in [3.05, 3.63) is 29.3 Å². The largest absolute Gasteiger partial charge is 0.399 e. The van der Waals surface area contributed by atoms with E-state index in [2.05, 4.69) is 10.6 Å². The third-order valence-corrected chi connectivity index (χ3v) is 2.51. The summed E-state index contributed by atoms with van der Waals surface area (Å²) in [5, 5.41) is 5.38. The topological polar surface area (TPSA) is 84.2 Å². The number of carbonyl (C=O) groups is 2. The zero-order valence-electron chi connectivity index (χ0n) is 10.7. The summed E-state index contributed by atoms with van der Waals surface area (Å²) in [6.07, 6.45) is 0.285. The summed E-state index contributed by atoms with van der Waals surface area (Å²) in [7, 11) is 0. The number of hydrogen-bond acceptors (Lipinski definition) is 3. The van der Waals surface area contributed by atoms with Gasteiger partial charge < -0.3 is 16.4 Å². The Labute approximate surface area is 107 Å². The van der Waals surface area contributed by atoms with Gasteiger partial charge in [-0.3, -0.25) is 9.59 Å². The summed E-state index contributed by atoms with van der Waals surface area (Å²) < 4.78 is 0. The molecule has 0 aromatic heterocycles. The first-order chi connectivity index (χ1) is 8.54. The lowest BCUT2D eigenvalue weighted by Crippen LogP contribution is -2.30. The minimum Gasteiger partial charge on any atom is -0.399 e. The molecule has 2 amide bonds. The van der Waals surface area contributed by atoms with Crippen molar-refractivity contribution in [3.8, 4) is 0 Å². The number of nitrogens with two attached hydrogens (primary N) is 1. The van der Waals surface area contributed by atoms with Crippen molar-refractivity contribution in [2.24, 2.45) is 0 Å². The zero-order chi connectivity index (χ0) is 13.5. The average molecular weight is 249 g/mol. The lowest BCUT2D eigenvalue weighted by atomic mass is 10.1. The Kier molecular flexibility index (Phi) is 5.17. The molecule has 1 rings (SSSR count). The van der Waals surface area contributed by atoms with Crippen LogP contribution in [0.25, 0.3) is 0 Å². The number of aryl methyl sites for hydroxylation is 1. The fourth-order valence-electron chi connectivity index (χ4n) is 1.61. The van der Waals surface area contributed by atoms with Gasteiger partial charge in [-0.05, 0) is 37.6 Å². The van der Waals surface area contributed by atoms with Crippen LogP contribution in [0.5, 0.6) is 0 Å². The molecule has 1 aromatic carbocycles. The number of anilines is 1. The molecule has 0 heterocycles. The van der Waals surface area contributed by atoms with Gasteiger partial charge in [0, 0.05) is 30.8 Å². The standard InChI is InChI=1S/C13H19N3O2/c1-3-15-12(17)6-7-16-13(18)11-5-4-10(14)8-9(11)2/h4-5,8H,3,6-7,14H2,1-2H3,(H,15,17)(H,16,18). The Balaban J connectivity index is 2.48. The molecule has 0 saturated heterocycles. The number of carbonyl (C=O) groups excluding carboxylic acids is 2. The van der Waals surface area contributed by atoms with Crippen molar-refractivity contribution >= 4 is 17.5 Å². The van der Waals surface area contributed by atoms with E-state index in [0.29, 0.717) is 24.3 Å². The van der Waals surface area contributed by atoms with Crippen molar-refractivity contribution in [1.82, 2.24) is 10.6 Å². The van der Waals surface area contributed by atoms with Crippen LogP contribution in [0.2, 0.25) is 0 Å². The molecule has 18 heavy (non-hydrogen) atoms. The molecule has 1 aromatic rings. The summed E-state index contributed by atoms with van der Waals surface area (Å²) in [6, 6.07) is 5.12. The maximum absolute atomic E-state index is 11.8. The highest BCUT2D eigenvalue weighted by Crippen LogP contribution is 2.12. The summed E-state index contributed by atoms with van der Waals surface area (Å²) in [5.74, 6) is -0.247.